The molecule has 0 heterocycles. The van der Waals surface area contributed by atoms with Gasteiger partial charge in [0.25, 0.3) is 0 Å². The van der Waals surface area contributed by atoms with Crippen molar-refractivity contribution in [3.8, 4) is 0 Å². The van der Waals surface area contributed by atoms with Gasteiger partial charge in [-0.25, -0.2) is 4.79 Å². The lowest BCUT2D eigenvalue weighted by molar-refractivity contribution is -0.141. The van der Waals surface area contributed by atoms with Crippen molar-refractivity contribution in [2.45, 2.75) is 13.0 Å². The zero-order chi connectivity index (χ0) is 10.1. The lowest BCUT2D eigenvalue weighted by atomic mass is 10.4. The average molecular weight is 186 g/mol. The van der Waals surface area contributed by atoms with Gasteiger partial charge in [-0.2, -0.15) is 0 Å². The second-order valence-electron chi connectivity index (χ2n) is 2.35. The van der Waals surface area contributed by atoms with Crippen LogP contribution in [0, 0.1) is 0 Å². The smallest absolute Gasteiger partial charge is 0.330 e. The number of aliphatic hydroxyl groups is 2. The number of carbonyl (C=O) groups excluding carboxylic acids is 1. The molecule has 1 atom stereocenters. The van der Waals surface area contributed by atoms with E-state index in [1.165, 1.54) is 12.2 Å². The molecule has 74 valence electrons. The predicted molar refractivity (Wildman–Crippen MR) is 48.0 cm³/mol. The molecule has 0 rings (SSSR count). The lowest BCUT2D eigenvalue weighted by Gasteiger charge is -2.05. The molecule has 0 aromatic rings. The third-order valence-electron chi connectivity index (χ3n) is 1.16. The van der Waals surface area contributed by atoms with Gasteiger partial charge in [0.15, 0.2) is 0 Å². The highest BCUT2D eigenvalue weighted by Gasteiger charge is 2.03. The summed E-state index contributed by atoms with van der Waals surface area (Å²) in [5, 5.41) is 17.2. The van der Waals surface area contributed by atoms with Crippen LogP contribution in [0.4, 0.5) is 0 Å². The Labute approximate surface area is 77.1 Å². The molecule has 0 aliphatic carbocycles. The Kier molecular flexibility index (Phi) is 6.86. The maximum Gasteiger partial charge on any atom is 0.330 e. The summed E-state index contributed by atoms with van der Waals surface area (Å²) in [5.74, 6) is -0.536. The minimum atomic E-state index is -1.00. The Bertz CT molecular complexity index is 196. The van der Waals surface area contributed by atoms with Gasteiger partial charge in [0.05, 0.1) is 6.61 Å². The normalized spacial score (nSPS) is 13.8. The summed E-state index contributed by atoms with van der Waals surface area (Å²) in [6, 6.07) is 0. The van der Waals surface area contributed by atoms with E-state index in [2.05, 4.69) is 4.74 Å². The summed E-state index contributed by atoms with van der Waals surface area (Å²) < 4.78 is 4.57. The summed E-state index contributed by atoms with van der Waals surface area (Å²) in [4.78, 5) is 10.8. The highest BCUT2D eigenvalue weighted by atomic mass is 16.5. The van der Waals surface area contributed by atoms with E-state index in [1.54, 1.807) is 12.2 Å². The van der Waals surface area contributed by atoms with Crippen LogP contribution in [-0.4, -0.2) is 35.5 Å². The molecule has 0 aromatic heterocycles. The topological polar surface area (TPSA) is 66.8 Å². The number of rotatable bonds is 5. The Hall–Kier alpha value is -1.13. The van der Waals surface area contributed by atoms with E-state index < -0.39 is 18.7 Å². The zero-order valence-electron chi connectivity index (χ0n) is 7.51. The van der Waals surface area contributed by atoms with Crippen molar-refractivity contribution in [1.82, 2.24) is 0 Å². The van der Waals surface area contributed by atoms with E-state index in [0.29, 0.717) is 0 Å². The molecular weight excluding hydrogens is 172 g/mol. The maximum absolute atomic E-state index is 10.8. The third-order valence-corrected chi connectivity index (χ3v) is 1.16. The Morgan fingerprint density at radius 2 is 2.23 bits per heavy atom. The van der Waals surface area contributed by atoms with Crippen LogP contribution >= 0.6 is 0 Å². The van der Waals surface area contributed by atoms with Crippen molar-refractivity contribution in [1.29, 1.82) is 0 Å². The first-order valence-corrected chi connectivity index (χ1v) is 3.95. The molecule has 0 saturated carbocycles. The van der Waals surface area contributed by atoms with Gasteiger partial charge in [0.1, 0.15) is 12.7 Å². The van der Waals surface area contributed by atoms with Crippen LogP contribution in [0.3, 0.4) is 0 Å². The fourth-order valence-corrected chi connectivity index (χ4v) is 0.524. The Morgan fingerprint density at radius 3 is 2.77 bits per heavy atom. The molecule has 13 heavy (non-hydrogen) atoms. The second kappa shape index (κ2) is 7.52. The molecule has 0 unspecified atom stereocenters. The summed E-state index contributed by atoms with van der Waals surface area (Å²) in [7, 11) is 0. The van der Waals surface area contributed by atoms with Crippen LogP contribution in [0.1, 0.15) is 6.92 Å². The first-order chi connectivity index (χ1) is 6.20. The van der Waals surface area contributed by atoms with E-state index >= 15 is 0 Å². The van der Waals surface area contributed by atoms with Crippen molar-refractivity contribution in [2.75, 3.05) is 13.2 Å². The van der Waals surface area contributed by atoms with Gasteiger partial charge in [-0.3, -0.25) is 0 Å². The van der Waals surface area contributed by atoms with Gasteiger partial charge < -0.3 is 14.9 Å². The summed E-state index contributed by atoms with van der Waals surface area (Å²) in [5.41, 5.74) is 0. The third kappa shape index (κ3) is 7.24. The predicted octanol–water partition coefficient (Wildman–Crippen LogP) is 0.0151. The van der Waals surface area contributed by atoms with Crippen molar-refractivity contribution in [2.24, 2.45) is 0 Å². The minimum absolute atomic E-state index is 0.185. The van der Waals surface area contributed by atoms with Crippen LogP contribution in [0.25, 0.3) is 0 Å². The molecule has 0 amide bonds. The SMILES string of the molecule is C/C=C/C=C/C(=O)OC[C@@H](O)CO. The second-order valence-corrected chi connectivity index (χ2v) is 2.35. The minimum Gasteiger partial charge on any atom is -0.460 e. The number of hydrogen-bond donors (Lipinski definition) is 2. The molecule has 0 aliphatic rings. The van der Waals surface area contributed by atoms with Gasteiger partial charge in [-0.05, 0) is 6.92 Å². The molecular formula is C9H14O4. The summed E-state index contributed by atoms with van der Waals surface area (Å²) >= 11 is 0. The lowest BCUT2D eigenvalue weighted by Crippen LogP contribution is -2.21. The number of esters is 1. The quantitative estimate of drug-likeness (QED) is 0.361. The van der Waals surface area contributed by atoms with E-state index in [-0.39, 0.29) is 6.61 Å². The molecule has 0 aromatic carbocycles. The highest BCUT2D eigenvalue weighted by Crippen LogP contribution is 1.87. The zero-order valence-corrected chi connectivity index (χ0v) is 7.51. The van der Waals surface area contributed by atoms with Gasteiger partial charge in [-0.1, -0.05) is 18.2 Å². The Balaban J connectivity index is 3.63. The van der Waals surface area contributed by atoms with E-state index in [9.17, 15) is 4.79 Å². The highest BCUT2D eigenvalue weighted by molar-refractivity contribution is 5.82. The largest absolute Gasteiger partial charge is 0.460 e. The van der Waals surface area contributed by atoms with E-state index in [1.807, 2.05) is 6.92 Å². The van der Waals surface area contributed by atoms with Crippen LogP contribution < -0.4 is 0 Å². The number of allylic oxidation sites excluding steroid dienone is 3. The number of carbonyl (C=O) groups is 1. The van der Waals surface area contributed by atoms with Crippen molar-refractivity contribution >= 4 is 5.97 Å². The first kappa shape index (κ1) is 11.9. The Morgan fingerprint density at radius 1 is 1.54 bits per heavy atom. The van der Waals surface area contributed by atoms with Crippen LogP contribution in [-0.2, 0) is 9.53 Å². The standard InChI is InChI=1S/C9H14O4/c1-2-3-4-5-9(12)13-7-8(11)6-10/h2-5,8,10-11H,6-7H2,1H3/b3-2+,5-4+/t8-/m0/s1. The first-order valence-electron chi connectivity index (χ1n) is 3.95. The molecule has 0 bridgehead atoms. The van der Waals surface area contributed by atoms with Gasteiger partial charge in [-0.15, -0.1) is 0 Å². The van der Waals surface area contributed by atoms with Crippen LogP contribution in [0.2, 0.25) is 0 Å². The molecule has 4 nitrogen and oxygen atoms in total. The van der Waals surface area contributed by atoms with E-state index in [0.717, 1.165) is 0 Å². The van der Waals surface area contributed by atoms with Crippen LogP contribution in [0.5, 0.6) is 0 Å². The van der Waals surface area contributed by atoms with Crippen molar-refractivity contribution in [3.05, 3.63) is 24.3 Å². The van der Waals surface area contributed by atoms with E-state index in [4.69, 9.17) is 10.2 Å². The molecule has 2 N–H and O–H groups in total. The van der Waals surface area contributed by atoms with Crippen molar-refractivity contribution in [3.63, 3.8) is 0 Å². The molecule has 0 spiro atoms. The summed E-state index contributed by atoms with van der Waals surface area (Å²) in [6.45, 7) is 1.23. The number of hydrogen-bond acceptors (Lipinski definition) is 4. The molecule has 0 radical (unpaired) electrons. The molecule has 0 aliphatic heterocycles. The fraction of sp³-hybridized carbons (Fsp3) is 0.444. The molecule has 0 fully saturated rings. The van der Waals surface area contributed by atoms with Crippen molar-refractivity contribution < 1.29 is 19.7 Å². The average Bonchev–Trinajstić information content (AvgIpc) is 2.14. The van der Waals surface area contributed by atoms with Gasteiger partial charge in [0.2, 0.25) is 0 Å². The molecule has 0 saturated heterocycles. The fourth-order valence-electron chi connectivity index (χ4n) is 0.524. The molecule has 4 heteroatoms. The summed E-state index contributed by atoms with van der Waals surface area (Å²) in [6.07, 6.45) is 5.23. The number of ether oxygens (including phenoxy) is 1. The maximum atomic E-state index is 10.8. The van der Waals surface area contributed by atoms with Crippen LogP contribution in [0.15, 0.2) is 24.3 Å². The van der Waals surface area contributed by atoms with Gasteiger partial charge in [0, 0.05) is 6.08 Å². The number of aliphatic hydroxyl groups excluding tert-OH is 2. The monoisotopic (exact) mass is 186 g/mol. The van der Waals surface area contributed by atoms with Gasteiger partial charge >= 0.3 is 5.97 Å².